The Morgan fingerprint density at radius 3 is 2.68 bits per heavy atom. The standard InChI is InChI=1S/C17H13BrN2O5/c1-10(2)24-17(21)11(9-19)7-13-4-6-16(25-13)14-5-3-12(20(22)23)8-15(14)18/h3-8,10H,1-2H3/b11-7+. The Morgan fingerprint density at radius 2 is 2.12 bits per heavy atom. The van der Waals surface area contributed by atoms with Gasteiger partial charge in [-0.3, -0.25) is 10.1 Å². The maximum atomic E-state index is 11.8. The zero-order chi connectivity index (χ0) is 18.6. The number of esters is 1. The zero-order valence-corrected chi connectivity index (χ0v) is 14.9. The molecule has 1 heterocycles. The van der Waals surface area contributed by atoms with E-state index in [0.717, 1.165) is 0 Å². The highest BCUT2D eigenvalue weighted by molar-refractivity contribution is 9.10. The molecule has 0 radical (unpaired) electrons. The van der Waals surface area contributed by atoms with Gasteiger partial charge in [0.1, 0.15) is 23.2 Å². The number of non-ortho nitro benzene ring substituents is 1. The summed E-state index contributed by atoms with van der Waals surface area (Å²) >= 11 is 3.27. The lowest BCUT2D eigenvalue weighted by atomic mass is 10.1. The molecule has 0 aliphatic rings. The highest BCUT2D eigenvalue weighted by atomic mass is 79.9. The smallest absolute Gasteiger partial charge is 0.349 e. The van der Waals surface area contributed by atoms with Crippen LogP contribution in [0.1, 0.15) is 19.6 Å². The molecule has 1 aromatic heterocycles. The minimum Gasteiger partial charge on any atom is -0.459 e. The Kier molecular flexibility index (Phi) is 5.72. The predicted octanol–water partition coefficient (Wildman–Crippen LogP) is 4.48. The van der Waals surface area contributed by atoms with Gasteiger partial charge in [-0.25, -0.2) is 4.79 Å². The number of furan rings is 1. The van der Waals surface area contributed by atoms with Crippen molar-refractivity contribution in [2.45, 2.75) is 20.0 Å². The fourth-order valence-corrected chi connectivity index (χ4v) is 2.51. The van der Waals surface area contributed by atoms with Crippen LogP contribution < -0.4 is 0 Å². The van der Waals surface area contributed by atoms with Crippen LogP contribution in [-0.2, 0) is 9.53 Å². The first-order valence-electron chi connectivity index (χ1n) is 7.18. The normalized spacial score (nSPS) is 11.2. The number of ether oxygens (including phenoxy) is 1. The van der Waals surface area contributed by atoms with E-state index in [9.17, 15) is 14.9 Å². The minimum absolute atomic E-state index is 0.0505. The van der Waals surface area contributed by atoms with Crippen LogP contribution in [-0.4, -0.2) is 17.0 Å². The predicted molar refractivity (Wildman–Crippen MR) is 93.3 cm³/mol. The molecule has 128 valence electrons. The number of nitriles is 1. The minimum atomic E-state index is -0.730. The number of benzene rings is 1. The number of hydrogen-bond donors (Lipinski definition) is 0. The average molecular weight is 405 g/mol. The molecule has 1 aromatic carbocycles. The van der Waals surface area contributed by atoms with Crippen LogP contribution in [0.3, 0.4) is 0 Å². The summed E-state index contributed by atoms with van der Waals surface area (Å²) in [6.07, 6.45) is 0.945. The highest BCUT2D eigenvalue weighted by Gasteiger charge is 2.15. The van der Waals surface area contributed by atoms with Crippen LogP contribution in [0, 0.1) is 21.4 Å². The van der Waals surface area contributed by atoms with Crippen molar-refractivity contribution in [1.82, 2.24) is 0 Å². The van der Waals surface area contributed by atoms with E-state index < -0.39 is 10.9 Å². The SMILES string of the molecule is CC(C)OC(=O)/C(C#N)=C/c1ccc(-c2ccc([N+](=O)[O-])cc2Br)o1. The first-order chi connectivity index (χ1) is 11.8. The van der Waals surface area contributed by atoms with Crippen molar-refractivity contribution in [3.8, 4) is 17.4 Å². The van der Waals surface area contributed by atoms with Crippen LogP contribution in [0.25, 0.3) is 17.4 Å². The molecule has 8 heteroatoms. The molecule has 25 heavy (non-hydrogen) atoms. The Hall–Kier alpha value is -2.92. The highest BCUT2D eigenvalue weighted by Crippen LogP contribution is 2.33. The maximum Gasteiger partial charge on any atom is 0.349 e. The van der Waals surface area contributed by atoms with Gasteiger partial charge < -0.3 is 9.15 Å². The van der Waals surface area contributed by atoms with Crippen molar-refractivity contribution < 1.29 is 18.9 Å². The zero-order valence-electron chi connectivity index (χ0n) is 13.4. The van der Waals surface area contributed by atoms with Crippen LogP contribution in [0.5, 0.6) is 0 Å². The third-order valence-corrected chi connectivity index (χ3v) is 3.68. The maximum absolute atomic E-state index is 11.8. The Bertz CT molecular complexity index is 893. The molecule has 0 bridgehead atoms. The monoisotopic (exact) mass is 404 g/mol. The second-order valence-electron chi connectivity index (χ2n) is 5.25. The topological polar surface area (TPSA) is 106 Å². The lowest BCUT2D eigenvalue weighted by Crippen LogP contribution is -2.12. The molecule has 7 nitrogen and oxygen atoms in total. The second kappa shape index (κ2) is 7.77. The molecule has 0 aliphatic heterocycles. The summed E-state index contributed by atoms with van der Waals surface area (Å²) in [7, 11) is 0. The van der Waals surface area contributed by atoms with E-state index in [1.165, 1.54) is 18.2 Å². The van der Waals surface area contributed by atoms with Crippen LogP contribution >= 0.6 is 15.9 Å². The van der Waals surface area contributed by atoms with Gasteiger partial charge in [-0.2, -0.15) is 5.26 Å². The summed E-state index contributed by atoms with van der Waals surface area (Å²) in [5.74, 6) is -0.00739. The average Bonchev–Trinajstić information content (AvgIpc) is 2.99. The number of nitro groups is 1. The largest absolute Gasteiger partial charge is 0.459 e. The van der Waals surface area contributed by atoms with Crippen LogP contribution in [0.4, 0.5) is 5.69 Å². The third-order valence-electron chi connectivity index (χ3n) is 3.03. The van der Waals surface area contributed by atoms with Gasteiger partial charge in [0.2, 0.25) is 0 Å². The lowest BCUT2D eigenvalue weighted by molar-refractivity contribution is -0.384. The van der Waals surface area contributed by atoms with Crippen molar-refractivity contribution in [2.24, 2.45) is 0 Å². The number of halogens is 1. The molecular weight excluding hydrogens is 392 g/mol. The number of hydrogen-bond acceptors (Lipinski definition) is 6. The van der Waals surface area contributed by atoms with Crippen molar-refractivity contribution in [1.29, 1.82) is 5.26 Å². The van der Waals surface area contributed by atoms with Crippen molar-refractivity contribution >= 4 is 33.7 Å². The van der Waals surface area contributed by atoms with Gasteiger partial charge in [-0.15, -0.1) is 0 Å². The van der Waals surface area contributed by atoms with Gasteiger partial charge in [0, 0.05) is 28.2 Å². The van der Waals surface area contributed by atoms with Gasteiger partial charge in [0.15, 0.2) is 0 Å². The van der Waals surface area contributed by atoms with Gasteiger partial charge >= 0.3 is 5.97 Å². The van der Waals surface area contributed by atoms with Crippen LogP contribution in [0.15, 0.2) is 44.8 Å². The Morgan fingerprint density at radius 1 is 1.40 bits per heavy atom. The first kappa shape index (κ1) is 18.4. The number of carbonyl (C=O) groups excluding carboxylic acids is 1. The van der Waals surface area contributed by atoms with E-state index in [1.807, 2.05) is 0 Å². The first-order valence-corrected chi connectivity index (χ1v) is 7.98. The molecule has 0 saturated carbocycles. The van der Waals surface area contributed by atoms with Gasteiger partial charge in [0.05, 0.1) is 11.0 Å². The van der Waals surface area contributed by atoms with Crippen molar-refractivity contribution in [3.63, 3.8) is 0 Å². The number of nitro benzene ring substituents is 1. The fourth-order valence-electron chi connectivity index (χ4n) is 1.95. The number of carbonyl (C=O) groups is 1. The van der Waals surface area contributed by atoms with Gasteiger partial charge in [0.25, 0.3) is 5.69 Å². The Labute approximate surface area is 151 Å². The molecule has 0 aliphatic carbocycles. The molecule has 0 unspecified atom stereocenters. The summed E-state index contributed by atoms with van der Waals surface area (Å²) in [5, 5.41) is 19.9. The van der Waals surface area contributed by atoms with Gasteiger partial charge in [-0.1, -0.05) is 0 Å². The molecule has 2 aromatic rings. The summed E-state index contributed by atoms with van der Waals surface area (Å²) in [6, 6.07) is 9.28. The molecule has 0 N–H and O–H groups in total. The summed E-state index contributed by atoms with van der Waals surface area (Å²) in [5.41, 5.74) is 0.372. The summed E-state index contributed by atoms with van der Waals surface area (Å²) in [4.78, 5) is 22.1. The number of nitrogens with zero attached hydrogens (tertiary/aromatic N) is 2. The van der Waals surface area contributed by atoms with Crippen molar-refractivity contribution in [2.75, 3.05) is 0 Å². The lowest BCUT2D eigenvalue weighted by Gasteiger charge is -2.05. The Balaban J connectivity index is 2.31. The van der Waals surface area contributed by atoms with Gasteiger partial charge in [-0.05, 0) is 48.0 Å². The summed E-state index contributed by atoms with van der Waals surface area (Å²) in [6.45, 7) is 3.37. The van der Waals surface area contributed by atoms with E-state index in [2.05, 4.69) is 15.9 Å². The van der Waals surface area contributed by atoms with Crippen LogP contribution in [0.2, 0.25) is 0 Å². The fraction of sp³-hybridized carbons (Fsp3) is 0.176. The van der Waals surface area contributed by atoms with Crippen molar-refractivity contribution in [3.05, 3.63) is 56.3 Å². The quantitative estimate of drug-likeness (QED) is 0.239. The molecule has 0 atom stereocenters. The van der Waals surface area contributed by atoms with E-state index in [-0.39, 0.29) is 23.1 Å². The van der Waals surface area contributed by atoms with E-state index >= 15 is 0 Å². The molecule has 2 rings (SSSR count). The molecule has 0 saturated heterocycles. The molecule has 0 spiro atoms. The van der Waals surface area contributed by atoms with E-state index in [1.54, 1.807) is 38.1 Å². The third kappa shape index (κ3) is 4.55. The molecule has 0 amide bonds. The van der Waals surface area contributed by atoms with E-state index in [4.69, 9.17) is 14.4 Å². The van der Waals surface area contributed by atoms with E-state index in [0.29, 0.717) is 15.8 Å². The molecule has 0 fully saturated rings. The second-order valence-corrected chi connectivity index (χ2v) is 6.10. The summed E-state index contributed by atoms with van der Waals surface area (Å²) < 4.78 is 11.1. The number of rotatable bonds is 5. The molecular formula is C17H13BrN2O5.